The van der Waals surface area contributed by atoms with Crippen molar-refractivity contribution in [3.8, 4) is 0 Å². The molecular weight excluding hydrogens is 439 g/mol. The third-order valence-electron chi connectivity index (χ3n) is 4.87. The van der Waals surface area contributed by atoms with Gasteiger partial charge in [0.2, 0.25) is 11.8 Å². The van der Waals surface area contributed by atoms with Crippen LogP contribution in [0, 0.1) is 0 Å². The van der Waals surface area contributed by atoms with Crippen molar-refractivity contribution in [1.82, 2.24) is 10.2 Å². The first-order chi connectivity index (χ1) is 14.3. The predicted octanol–water partition coefficient (Wildman–Crippen LogP) is 5.56. The van der Waals surface area contributed by atoms with Gasteiger partial charge in [-0.15, -0.1) is 11.8 Å². The number of carbonyl (C=O) groups excluding carboxylic acids is 2. The minimum atomic E-state index is -0.598. The van der Waals surface area contributed by atoms with Crippen LogP contribution >= 0.6 is 35.0 Å². The van der Waals surface area contributed by atoms with Gasteiger partial charge in [0.05, 0.1) is 5.75 Å². The maximum absolute atomic E-state index is 13.1. The van der Waals surface area contributed by atoms with Gasteiger partial charge in [-0.25, -0.2) is 0 Å². The van der Waals surface area contributed by atoms with E-state index in [1.807, 2.05) is 56.3 Å². The van der Waals surface area contributed by atoms with Crippen LogP contribution in [0.25, 0.3) is 0 Å². The quantitative estimate of drug-likeness (QED) is 0.498. The molecule has 0 saturated heterocycles. The Labute approximate surface area is 193 Å². The Kier molecular flexibility index (Phi) is 10.0. The third-order valence-corrected chi connectivity index (χ3v) is 6.48. The normalized spacial score (nSPS) is 12.8. The molecule has 2 rings (SSSR count). The van der Waals surface area contributed by atoms with Gasteiger partial charge in [0, 0.05) is 28.4 Å². The number of hydrogen-bond acceptors (Lipinski definition) is 3. The summed E-state index contributed by atoms with van der Waals surface area (Å²) in [7, 11) is 0. The minimum Gasteiger partial charge on any atom is -0.352 e. The van der Waals surface area contributed by atoms with Crippen molar-refractivity contribution < 1.29 is 9.59 Å². The Morgan fingerprint density at radius 3 is 2.37 bits per heavy atom. The highest BCUT2D eigenvalue weighted by Gasteiger charge is 2.27. The molecule has 2 atom stereocenters. The monoisotopic (exact) mass is 466 g/mol. The Balaban J connectivity index is 2.08. The lowest BCUT2D eigenvalue weighted by molar-refractivity contribution is -0.138. The number of nitrogens with zero attached hydrogens (tertiary/aromatic N) is 1. The van der Waals surface area contributed by atoms with Gasteiger partial charge in [0.25, 0.3) is 0 Å². The van der Waals surface area contributed by atoms with Gasteiger partial charge in [-0.1, -0.05) is 60.5 Å². The van der Waals surface area contributed by atoms with E-state index in [1.165, 1.54) is 11.8 Å². The van der Waals surface area contributed by atoms with Crippen LogP contribution in [0.15, 0.2) is 48.5 Å². The molecule has 0 aliphatic rings. The van der Waals surface area contributed by atoms with Gasteiger partial charge in [-0.3, -0.25) is 9.59 Å². The van der Waals surface area contributed by atoms with Crippen LogP contribution in [-0.2, 0) is 21.9 Å². The summed E-state index contributed by atoms with van der Waals surface area (Å²) in [6.07, 6.45) is 0.827. The fourth-order valence-corrected chi connectivity index (χ4v) is 3.97. The van der Waals surface area contributed by atoms with Crippen molar-refractivity contribution >= 4 is 46.8 Å². The van der Waals surface area contributed by atoms with Crippen LogP contribution in [0.2, 0.25) is 10.0 Å². The fraction of sp³-hybridized carbons (Fsp3) is 0.391. The number of nitrogens with one attached hydrogen (secondary N) is 1. The molecule has 2 aromatic rings. The molecule has 0 heterocycles. The SMILES string of the molecule is CC[C@@H](C)NC(=O)[C@@H](C)N(Cc1ccccc1Cl)C(=O)CSCc1ccc(Cl)cc1. The molecule has 0 bridgehead atoms. The number of hydrogen-bond donors (Lipinski definition) is 1. The van der Waals surface area contributed by atoms with Gasteiger partial charge in [-0.2, -0.15) is 0 Å². The number of thioether (sulfide) groups is 1. The van der Waals surface area contributed by atoms with Crippen molar-refractivity contribution in [2.24, 2.45) is 0 Å². The summed E-state index contributed by atoms with van der Waals surface area (Å²) in [6.45, 7) is 6.01. The number of benzene rings is 2. The molecule has 0 fully saturated rings. The summed E-state index contributed by atoms with van der Waals surface area (Å²) in [6, 6.07) is 14.4. The van der Waals surface area contributed by atoms with Crippen LogP contribution in [0.5, 0.6) is 0 Å². The van der Waals surface area contributed by atoms with E-state index in [0.29, 0.717) is 15.8 Å². The first-order valence-corrected chi connectivity index (χ1v) is 11.9. The molecule has 30 heavy (non-hydrogen) atoms. The van der Waals surface area contributed by atoms with Crippen LogP contribution in [0.3, 0.4) is 0 Å². The maximum Gasteiger partial charge on any atom is 0.242 e. The molecule has 0 aliphatic heterocycles. The smallest absolute Gasteiger partial charge is 0.242 e. The summed E-state index contributed by atoms with van der Waals surface area (Å²) in [4.78, 5) is 27.4. The van der Waals surface area contributed by atoms with Gasteiger partial charge >= 0.3 is 0 Å². The van der Waals surface area contributed by atoms with E-state index in [2.05, 4.69) is 5.32 Å². The molecule has 0 spiro atoms. The zero-order valence-corrected chi connectivity index (χ0v) is 19.9. The number of halogens is 2. The van der Waals surface area contributed by atoms with Crippen molar-refractivity contribution in [2.75, 3.05) is 5.75 Å². The van der Waals surface area contributed by atoms with Crippen molar-refractivity contribution in [3.63, 3.8) is 0 Å². The second-order valence-electron chi connectivity index (χ2n) is 7.23. The molecule has 7 heteroatoms. The summed E-state index contributed by atoms with van der Waals surface area (Å²) in [5, 5.41) is 4.24. The van der Waals surface area contributed by atoms with Crippen LogP contribution in [0.1, 0.15) is 38.3 Å². The van der Waals surface area contributed by atoms with Crippen LogP contribution in [-0.4, -0.2) is 34.6 Å². The number of amides is 2. The molecule has 0 aromatic heterocycles. The molecule has 2 amide bonds. The summed E-state index contributed by atoms with van der Waals surface area (Å²) in [5.74, 6) is 0.706. The summed E-state index contributed by atoms with van der Waals surface area (Å²) >= 11 is 13.7. The fourth-order valence-electron chi connectivity index (χ4n) is 2.78. The van der Waals surface area contributed by atoms with Crippen molar-refractivity contribution in [2.45, 2.75) is 51.6 Å². The zero-order chi connectivity index (χ0) is 22.1. The second kappa shape index (κ2) is 12.2. The number of carbonyl (C=O) groups is 2. The third kappa shape index (κ3) is 7.53. The summed E-state index contributed by atoms with van der Waals surface area (Å²) in [5.41, 5.74) is 1.91. The van der Waals surface area contributed by atoms with E-state index in [0.717, 1.165) is 17.5 Å². The van der Waals surface area contributed by atoms with E-state index >= 15 is 0 Å². The lowest BCUT2D eigenvalue weighted by atomic mass is 10.1. The van der Waals surface area contributed by atoms with Gasteiger partial charge < -0.3 is 10.2 Å². The topological polar surface area (TPSA) is 49.4 Å². The van der Waals surface area contributed by atoms with Crippen molar-refractivity contribution in [1.29, 1.82) is 0 Å². The first-order valence-electron chi connectivity index (χ1n) is 9.97. The maximum atomic E-state index is 13.1. The standard InChI is InChI=1S/C23H28Cl2N2O2S/c1-4-16(2)26-23(29)17(3)27(13-19-7-5-6-8-21(19)25)22(28)15-30-14-18-9-11-20(24)12-10-18/h5-12,16-17H,4,13-15H2,1-3H3,(H,26,29)/t16-,17-/m1/s1. The predicted molar refractivity (Wildman–Crippen MR) is 127 cm³/mol. The lowest BCUT2D eigenvalue weighted by Crippen LogP contribution is -2.50. The van der Waals surface area contributed by atoms with Gasteiger partial charge in [-0.05, 0) is 49.6 Å². The van der Waals surface area contributed by atoms with E-state index in [-0.39, 0.29) is 30.2 Å². The highest BCUT2D eigenvalue weighted by atomic mass is 35.5. The Hall–Kier alpha value is -1.69. The van der Waals surface area contributed by atoms with E-state index in [1.54, 1.807) is 17.9 Å². The molecular formula is C23H28Cl2N2O2S. The molecule has 2 aromatic carbocycles. The number of rotatable bonds is 10. The first kappa shape index (κ1) is 24.6. The van der Waals surface area contributed by atoms with E-state index in [4.69, 9.17) is 23.2 Å². The highest BCUT2D eigenvalue weighted by Crippen LogP contribution is 2.21. The largest absolute Gasteiger partial charge is 0.352 e. The molecule has 0 unspecified atom stereocenters. The molecule has 0 aliphatic carbocycles. The lowest BCUT2D eigenvalue weighted by Gasteiger charge is -2.30. The minimum absolute atomic E-state index is 0.0523. The summed E-state index contributed by atoms with van der Waals surface area (Å²) < 4.78 is 0. The molecule has 0 saturated carbocycles. The highest BCUT2D eigenvalue weighted by molar-refractivity contribution is 7.99. The Morgan fingerprint density at radius 2 is 1.73 bits per heavy atom. The molecule has 1 N–H and O–H groups in total. The Morgan fingerprint density at radius 1 is 1.07 bits per heavy atom. The van der Waals surface area contributed by atoms with Crippen LogP contribution < -0.4 is 5.32 Å². The second-order valence-corrected chi connectivity index (χ2v) is 9.06. The Bertz CT molecular complexity index is 845. The zero-order valence-electron chi connectivity index (χ0n) is 17.5. The van der Waals surface area contributed by atoms with E-state index < -0.39 is 6.04 Å². The average Bonchev–Trinajstić information content (AvgIpc) is 2.73. The van der Waals surface area contributed by atoms with Gasteiger partial charge in [0.1, 0.15) is 6.04 Å². The average molecular weight is 467 g/mol. The molecule has 162 valence electrons. The van der Waals surface area contributed by atoms with Crippen LogP contribution in [0.4, 0.5) is 0 Å². The van der Waals surface area contributed by atoms with E-state index in [9.17, 15) is 9.59 Å². The molecule has 0 radical (unpaired) electrons. The molecule has 4 nitrogen and oxygen atoms in total. The van der Waals surface area contributed by atoms with Crippen molar-refractivity contribution in [3.05, 3.63) is 69.7 Å². The van der Waals surface area contributed by atoms with Gasteiger partial charge in [0.15, 0.2) is 0 Å².